The molecule has 2 heterocycles. The minimum atomic E-state index is 0.0377. The number of nitrogens with zero attached hydrogens (tertiary/aromatic N) is 2. The van der Waals surface area contributed by atoms with Crippen molar-refractivity contribution >= 4 is 34.5 Å². The monoisotopic (exact) mass is 331 g/mol. The molecule has 1 aromatic heterocycles. The van der Waals surface area contributed by atoms with Crippen LogP contribution in [0.5, 0.6) is 0 Å². The van der Waals surface area contributed by atoms with Gasteiger partial charge in [-0.25, -0.2) is 0 Å². The van der Waals surface area contributed by atoms with E-state index in [0.29, 0.717) is 22.8 Å². The summed E-state index contributed by atoms with van der Waals surface area (Å²) < 4.78 is 0. The molecule has 6 heteroatoms. The molecule has 2 aromatic rings. The molecule has 1 aromatic carbocycles. The van der Waals surface area contributed by atoms with Crippen LogP contribution in [-0.4, -0.2) is 23.9 Å². The Morgan fingerprint density at radius 2 is 2.32 bits per heavy atom. The summed E-state index contributed by atoms with van der Waals surface area (Å²) in [6, 6.07) is 9.18. The van der Waals surface area contributed by atoms with Gasteiger partial charge in [-0.05, 0) is 41.6 Å². The van der Waals surface area contributed by atoms with Gasteiger partial charge in [-0.1, -0.05) is 11.6 Å². The van der Waals surface area contributed by atoms with Crippen molar-refractivity contribution in [3.63, 3.8) is 0 Å². The van der Waals surface area contributed by atoms with E-state index < -0.39 is 0 Å². The molecule has 0 unspecified atom stereocenters. The normalized spacial score (nSPS) is 13.4. The smallest absolute Gasteiger partial charge is 0.242 e. The molecule has 1 N–H and O–H groups in total. The van der Waals surface area contributed by atoms with Gasteiger partial charge in [0.05, 0.1) is 17.8 Å². The molecule has 0 bridgehead atoms. The van der Waals surface area contributed by atoms with Crippen LogP contribution in [0.4, 0.5) is 5.69 Å². The van der Waals surface area contributed by atoms with Crippen molar-refractivity contribution in [3.05, 3.63) is 50.7 Å². The van der Waals surface area contributed by atoms with E-state index in [2.05, 4.69) is 22.8 Å². The number of nitriles is 1. The zero-order valence-electron chi connectivity index (χ0n) is 11.8. The molecule has 0 radical (unpaired) electrons. The molecule has 22 heavy (non-hydrogen) atoms. The summed E-state index contributed by atoms with van der Waals surface area (Å²) in [4.78, 5) is 15.6. The SMILES string of the molecule is N#Cc1cc(Cl)ccc1NCC(=O)N1CCc2sccc2C1. The maximum Gasteiger partial charge on any atom is 0.242 e. The molecular weight excluding hydrogens is 318 g/mol. The lowest BCUT2D eigenvalue weighted by atomic mass is 10.1. The number of amides is 1. The molecular formula is C16H14ClN3OS. The lowest BCUT2D eigenvalue weighted by Gasteiger charge is -2.27. The third-order valence-corrected chi connectivity index (χ3v) is 4.95. The topological polar surface area (TPSA) is 56.1 Å². The fourth-order valence-electron chi connectivity index (χ4n) is 2.51. The number of fused-ring (bicyclic) bond motifs is 1. The average molecular weight is 332 g/mol. The van der Waals surface area contributed by atoms with Crippen molar-refractivity contribution in [2.24, 2.45) is 0 Å². The molecule has 0 atom stereocenters. The van der Waals surface area contributed by atoms with E-state index in [1.807, 2.05) is 4.90 Å². The summed E-state index contributed by atoms with van der Waals surface area (Å²) in [6.45, 7) is 1.60. The highest BCUT2D eigenvalue weighted by molar-refractivity contribution is 7.10. The molecule has 0 spiro atoms. The number of anilines is 1. The number of carbonyl (C=O) groups excluding carboxylic acids is 1. The highest BCUT2D eigenvalue weighted by Gasteiger charge is 2.21. The lowest BCUT2D eigenvalue weighted by molar-refractivity contribution is -0.130. The number of hydrogen-bond acceptors (Lipinski definition) is 4. The Morgan fingerprint density at radius 3 is 3.14 bits per heavy atom. The van der Waals surface area contributed by atoms with Crippen LogP contribution in [0.2, 0.25) is 5.02 Å². The van der Waals surface area contributed by atoms with Gasteiger partial charge in [-0.3, -0.25) is 4.79 Å². The molecule has 0 fully saturated rings. The first-order valence-electron chi connectivity index (χ1n) is 6.94. The molecule has 112 valence electrons. The standard InChI is InChI=1S/C16H14ClN3OS/c17-13-1-2-14(12(7-13)8-18)19-9-16(21)20-5-3-15-11(10-20)4-6-22-15/h1-2,4,6-7,19H,3,5,9-10H2. The van der Waals surface area contributed by atoms with E-state index in [1.165, 1.54) is 10.4 Å². The Kier molecular flexibility index (Phi) is 4.32. The van der Waals surface area contributed by atoms with E-state index in [-0.39, 0.29) is 12.5 Å². The number of benzene rings is 1. The minimum Gasteiger partial charge on any atom is -0.375 e. The second-order valence-corrected chi connectivity index (χ2v) is 6.53. The van der Waals surface area contributed by atoms with Gasteiger partial charge in [-0.15, -0.1) is 11.3 Å². The third kappa shape index (κ3) is 3.08. The Hall–Kier alpha value is -2.03. The molecule has 3 rings (SSSR count). The first-order valence-corrected chi connectivity index (χ1v) is 8.19. The van der Waals surface area contributed by atoms with Crippen LogP contribution < -0.4 is 5.32 Å². The first kappa shape index (κ1) is 14.9. The van der Waals surface area contributed by atoms with Crippen molar-refractivity contribution in [2.75, 3.05) is 18.4 Å². The summed E-state index contributed by atoms with van der Waals surface area (Å²) in [5.41, 5.74) is 2.32. The lowest BCUT2D eigenvalue weighted by Crippen LogP contribution is -2.38. The zero-order chi connectivity index (χ0) is 15.5. The number of halogens is 1. The molecule has 4 nitrogen and oxygen atoms in total. The molecule has 1 amide bonds. The van der Waals surface area contributed by atoms with Crippen LogP contribution in [0.25, 0.3) is 0 Å². The Labute approximate surface area is 137 Å². The first-order chi connectivity index (χ1) is 10.7. The average Bonchev–Trinajstić information content (AvgIpc) is 3.00. The highest BCUT2D eigenvalue weighted by Crippen LogP contribution is 2.24. The van der Waals surface area contributed by atoms with Gasteiger partial charge >= 0.3 is 0 Å². The second kappa shape index (κ2) is 6.39. The summed E-state index contributed by atoms with van der Waals surface area (Å²) in [5.74, 6) is 0.0377. The largest absolute Gasteiger partial charge is 0.375 e. The van der Waals surface area contributed by atoms with Gasteiger partial charge in [0.1, 0.15) is 6.07 Å². The van der Waals surface area contributed by atoms with Crippen molar-refractivity contribution < 1.29 is 4.79 Å². The van der Waals surface area contributed by atoms with Crippen LogP contribution >= 0.6 is 22.9 Å². The molecule has 1 aliphatic rings. The van der Waals surface area contributed by atoms with Crippen molar-refractivity contribution in [1.29, 1.82) is 5.26 Å². The third-order valence-electron chi connectivity index (χ3n) is 3.69. The van der Waals surface area contributed by atoms with Crippen LogP contribution in [0.1, 0.15) is 16.0 Å². The number of rotatable bonds is 3. The Balaban J connectivity index is 1.63. The number of thiophene rings is 1. The Morgan fingerprint density at radius 1 is 1.45 bits per heavy atom. The quantitative estimate of drug-likeness (QED) is 0.939. The molecule has 0 saturated heterocycles. The van der Waals surface area contributed by atoms with Gasteiger partial charge in [0.25, 0.3) is 0 Å². The van der Waals surface area contributed by atoms with Crippen LogP contribution in [0.3, 0.4) is 0 Å². The van der Waals surface area contributed by atoms with Gasteiger partial charge < -0.3 is 10.2 Å². The maximum atomic E-state index is 12.3. The number of nitrogens with one attached hydrogen (secondary N) is 1. The number of carbonyl (C=O) groups is 1. The maximum absolute atomic E-state index is 12.3. The summed E-state index contributed by atoms with van der Waals surface area (Å²) >= 11 is 7.62. The van der Waals surface area contributed by atoms with Gasteiger partial charge in [0.2, 0.25) is 5.91 Å². The summed E-state index contributed by atoms with van der Waals surface area (Å²) in [7, 11) is 0. The predicted octanol–water partition coefficient (Wildman–Crippen LogP) is 3.27. The van der Waals surface area contributed by atoms with Crippen LogP contribution in [0, 0.1) is 11.3 Å². The molecule has 0 aliphatic carbocycles. The molecule has 0 saturated carbocycles. The van der Waals surface area contributed by atoms with Crippen LogP contribution in [0.15, 0.2) is 29.6 Å². The van der Waals surface area contributed by atoms with Crippen molar-refractivity contribution in [1.82, 2.24) is 4.90 Å². The van der Waals surface area contributed by atoms with Gasteiger partial charge in [0, 0.05) is 23.0 Å². The van der Waals surface area contributed by atoms with Crippen LogP contribution in [-0.2, 0) is 17.8 Å². The summed E-state index contributed by atoms with van der Waals surface area (Å²) in [6.07, 6.45) is 0.920. The van der Waals surface area contributed by atoms with E-state index in [9.17, 15) is 4.79 Å². The van der Waals surface area contributed by atoms with Gasteiger partial charge in [-0.2, -0.15) is 5.26 Å². The summed E-state index contributed by atoms with van der Waals surface area (Å²) in [5, 5.41) is 14.7. The van der Waals surface area contributed by atoms with Crippen molar-refractivity contribution in [3.8, 4) is 6.07 Å². The van der Waals surface area contributed by atoms with E-state index >= 15 is 0 Å². The fraction of sp³-hybridized carbons (Fsp3) is 0.250. The predicted molar refractivity (Wildman–Crippen MR) is 88.1 cm³/mol. The zero-order valence-corrected chi connectivity index (χ0v) is 13.4. The molecule has 1 aliphatic heterocycles. The van der Waals surface area contributed by atoms with E-state index in [0.717, 1.165) is 13.0 Å². The van der Waals surface area contributed by atoms with E-state index in [4.69, 9.17) is 16.9 Å². The fourth-order valence-corrected chi connectivity index (χ4v) is 3.57. The minimum absolute atomic E-state index is 0.0377. The highest BCUT2D eigenvalue weighted by atomic mass is 35.5. The van der Waals surface area contributed by atoms with Gasteiger partial charge in [0.15, 0.2) is 0 Å². The Bertz CT molecular complexity index is 750. The number of hydrogen-bond donors (Lipinski definition) is 1. The second-order valence-electron chi connectivity index (χ2n) is 5.09. The van der Waals surface area contributed by atoms with Crippen molar-refractivity contribution in [2.45, 2.75) is 13.0 Å². The van der Waals surface area contributed by atoms with E-state index in [1.54, 1.807) is 29.5 Å².